The highest BCUT2D eigenvalue weighted by molar-refractivity contribution is 6.06. The van der Waals surface area contributed by atoms with Crippen LogP contribution in [-0.2, 0) is 20.9 Å². The summed E-state index contributed by atoms with van der Waals surface area (Å²) in [6.45, 7) is 8.90. The molecule has 2 aromatic carbocycles. The Morgan fingerprint density at radius 1 is 1.08 bits per heavy atom. The van der Waals surface area contributed by atoms with Crippen molar-refractivity contribution >= 4 is 28.9 Å². The lowest BCUT2D eigenvalue weighted by molar-refractivity contribution is -0.127. The van der Waals surface area contributed by atoms with Crippen LogP contribution in [0.3, 0.4) is 0 Å². The second-order valence-corrected chi connectivity index (χ2v) is 10.7. The van der Waals surface area contributed by atoms with Gasteiger partial charge in [0.15, 0.2) is 0 Å². The van der Waals surface area contributed by atoms with Crippen molar-refractivity contribution in [1.29, 1.82) is 0 Å². The number of benzene rings is 2. The van der Waals surface area contributed by atoms with Gasteiger partial charge in [-0.3, -0.25) is 9.59 Å². The van der Waals surface area contributed by atoms with Gasteiger partial charge in [-0.15, -0.1) is 0 Å². The quantitative estimate of drug-likeness (QED) is 0.475. The molecule has 7 heteroatoms. The number of para-hydroxylation sites is 1. The van der Waals surface area contributed by atoms with Crippen molar-refractivity contribution < 1.29 is 14.3 Å². The molecule has 3 aliphatic rings. The summed E-state index contributed by atoms with van der Waals surface area (Å²) in [5, 5.41) is 4.73. The van der Waals surface area contributed by atoms with Crippen molar-refractivity contribution in [2.45, 2.75) is 78.0 Å². The van der Waals surface area contributed by atoms with Crippen LogP contribution in [0.2, 0.25) is 0 Å². The molecule has 198 valence electrons. The smallest absolute Gasteiger partial charge is 0.256 e. The lowest BCUT2D eigenvalue weighted by Gasteiger charge is -2.41. The zero-order chi connectivity index (χ0) is 26.1. The summed E-state index contributed by atoms with van der Waals surface area (Å²) in [4.78, 5) is 29.8. The molecule has 3 aliphatic heterocycles. The number of fused-ring (bicyclic) bond motifs is 2. The Kier molecular flexibility index (Phi) is 7.54. The fourth-order valence-electron chi connectivity index (χ4n) is 6.16. The topological polar surface area (TPSA) is 56.3 Å². The Balaban J connectivity index is 1.50. The normalized spacial score (nSPS) is 21.4. The van der Waals surface area contributed by atoms with Crippen molar-refractivity contribution in [3.8, 4) is 11.1 Å². The molecule has 7 nitrogen and oxygen atoms in total. The average molecular weight is 505 g/mol. The summed E-state index contributed by atoms with van der Waals surface area (Å²) < 4.78 is 5.76. The van der Waals surface area contributed by atoms with E-state index < -0.39 is 6.10 Å². The summed E-state index contributed by atoms with van der Waals surface area (Å²) >= 11 is 0. The van der Waals surface area contributed by atoms with E-state index >= 15 is 0 Å². The Labute approximate surface area is 220 Å². The Morgan fingerprint density at radius 3 is 2.65 bits per heavy atom. The van der Waals surface area contributed by atoms with Crippen LogP contribution in [0.15, 0.2) is 36.4 Å². The molecule has 2 atom stereocenters. The van der Waals surface area contributed by atoms with Gasteiger partial charge in [0.2, 0.25) is 5.91 Å². The first-order valence-electron chi connectivity index (χ1n) is 13.9. The van der Waals surface area contributed by atoms with E-state index in [0.717, 1.165) is 48.4 Å². The molecule has 1 fully saturated rings. The molecule has 37 heavy (non-hydrogen) atoms. The standard InChI is InChI=1S/C30H40N4O3/c1-5-6-7-8-16-32-20-24-11-9-12-25(29(24)31(32)4)23-14-15-26-27(18-23)33(19-21(2)34(26)22(3)35)30(36)28-13-10-17-37-28/h9,11-12,14-15,18,21,28H,5-8,10,13,16-17,19-20H2,1-4H3. The number of unbranched alkanes of at least 4 members (excludes halogenated alkanes) is 3. The van der Waals surface area contributed by atoms with Crippen LogP contribution in [-0.4, -0.2) is 55.7 Å². The van der Waals surface area contributed by atoms with E-state index in [1.54, 1.807) is 6.92 Å². The number of ether oxygens (including phenoxy) is 1. The predicted molar refractivity (Wildman–Crippen MR) is 149 cm³/mol. The van der Waals surface area contributed by atoms with Crippen molar-refractivity contribution in [3.05, 3.63) is 42.0 Å². The van der Waals surface area contributed by atoms with Crippen LogP contribution in [0.1, 0.15) is 64.9 Å². The first-order valence-corrected chi connectivity index (χ1v) is 13.9. The van der Waals surface area contributed by atoms with E-state index in [1.165, 1.54) is 36.9 Å². The lowest BCUT2D eigenvalue weighted by atomic mass is 9.97. The van der Waals surface area contributed by atoms with Gasteiger partial charge in [0, 0.05) is 45.8 Å². The number of hydrogen-bond acceptors (Lipinski definition) is 5. The molecule has 0 aromatic heterocycles. The van der Waals surface area contributed by atoms with E-state index in [4.69, 9.17) is 4.74 Å². The van der Waals surface area contributed by atoms with Crippen LogP contribution in [0.4, 0.5) is 17.1 Å². The van der Waals surface area contributed by atoms with Gasteiger partial charge in [0.25, 0.3) is 5.91 Å². The van der Waals surface area contributed by atoms with Gasteiger partial charge in [-0.2, -0.15) is 0 Å². The Hall–Kier alpha value is -2.90. The van der Waals surface area contributed by atoms with Gasteiger partial charge in [-0.1, -0.05) is 50.5 Å². The fraction of sp³-hybridized carbons (Fsp3) is 0.533. The summed E-state index contributed by atoms with van der Waals surface area (Å²) in [6, 6.07) is 12.6. The van der Waals surface area contributed by atoms with Gasteiger partial charge < -0.3 is 19.5 Å². The molecule has 3 heterocycles. The molecule has 2 amide bonds. The van der Waals surface area contributed by atoms with Crippen molar-refractivity contribution in [2.75, 3.05) is 41.6 Å². The third-order valence-corrected chi connectivity index (χ3v) is 8.02. The number of amides is 2. The highest BCUT2D eigenvalue weighted by Gasteiger charge is 2.38. The number of carbonyl (C=O) groups is 2. The van der Waals surface area contributed by atoms with Crippen molar-refractivity contribution in [3.63, 3.8) is 0 Å². The zero-order valence-corrected chi connectivity index (χ0v) is 22.7. The second kappa shape index (κ2) is 10.8. The summed E-state index contributed by atoms with van der Waals surface area (Å²) in [6.07, 6.45) is 6.23. The molecular weight excluding hydrogens is 464 g/mol. The molecule has 5 rings (SSSR count). The van der Waals surface area contributed by atoms with E-state index in [0.29, 0.717) is 13.2 Å². The minimum atomic E-state index is -0.402. The van der Waals surface area contributed by atoms with Crippen LogP contribution in [0.5, 0.6) is 0 Å². The predicted octanol–water partition coefficient (Wildman–Crippen LogP) is 5.37. The SMILES string of the molecule is CCCCCCN1Cc2cccc(-c3ccc4c(c3)N(C(=O)C3CCCO3)CC(C)N4C(C)=O)c2N1C. The first-order chi connectivity index (χ1) is 17.9. The monoisotopic (exact) mass is 504 g/mol. The van der Waals surface area contributed by atoms with Gasteiger partial charge >= 0.3 is 0 Å². The van der Waals surface area contributed by atoms with Crippen molar-refractivity contribution in [1.82, 2.24) is 5.01 Å². The summed E-state index contributed by atoms with van der Waals surface area (Å²) in [5.74, 6) is -0.00983. The third kappa shape index (κ3) is 4.87. The first kappa shape index (κ1) is 25.7. The maximum absolute atomic E-state index is 13.5. The molecule has 0 bridgehead atoms. The van der Waals surface area contributed by atoms with Crippen molar-refractivity contribution in [2.24, 2.45) is 0 Å². The van der Waals surface area contributed by atoms with E-state index in [9.17, 15) is 9.59 Å². The maximum Gasteiger partial charge on any atom is 0.256 e. The van der Waals surface area contributed by atoms with Gasteiger partial charge in [0.1, 0.15) is 6.10 Å². The molecule has 0 aliphatic carbocycles. The van der Waals surface area contributed by atoms with Gasteiger partial charge in [-0.25, -0.2) is 5.01 Å². The Morgan fingerprint density at radius 2 is 1.92 bits per heavy atom. The molecular formula is C30H40N4O3. The molecule has 0 spiro atoms. The largest absolute Gasteiger partial charge is 0.368 e. The molecule has 2 aromatic rings. The van der Waals surface area contributed by atoms with E-state index in [-0.39, 0.29) is 17.9 Å². The van der Waals surface area contributed by atoms with Crippen LogP contribution >= 0.6 is 0 Å². The van der Waals surface area contributed by atoms with Gasteiger partial charge in [-0.05, 0) is 49.4 Å². The van der Waals surface area contributed by atoms with Crippen LogP contribution < -0.4 is 14.8 Å². The zero-order valence-electron chi connectivity index (χ0n) is 22.7. The minimum absolute atomic E-state index is 0.000356. The summed E-state index contributed by atoms with van der Waals surface area (Å²) in [5.41, 5.74) is 6.33. The molecule has 0 N–H and O–H groups in total. The third-order valence-electron chi connectivity index (χ3n) is 8.02. The molecule has 2 unspecified atom stereocenters. The van der Waals surface area contributed by atoms with Crippen LogP contribution in [0, 0.1) is 0 Å². The van der Waals surface area contributed by atoms with E-state index in [1.807, 2.05) is 22.8 Å². The highest BCUT2D eigenvalue weighted by atomic mass is 16.5. The molecule has 1 saturated heterocycles. The Bertz CT molecular complexity index is 1160. The number of nitrogens with zero attached hydrogens (tertiary/aromatic N) is 4. The van der Waals surface area contributed by atoms with Gasteiger partial charge in [0.05, 0.1) is 23.1 Å². The minimum Gasteiger partial charge on any atom is -0.368 e. The van der Waals surface area contributed by atoms with Crippen LogP contribution in [0.25, 0.3) is 11.1 Å². The molecule has 0 radical (unpaired) electrons. The number of anilines is 3. The number of carbonyl (C=O) groups excluding carboxylic acids is 2. The molecule has 0 saturated carbocycles. The lowest BCUT2D eigenvalue weighted by Crippen LogP contribution is -2.53. The average Bonchev–Trinajstić information content (AvgIpc) is 3.54. The highest BCUT2D eigenvalue weighted by Crippen LogP contribution is 2.44. The summed E-state index contributed by atoms with van der Waals surface area (Å²) in [7, 11) is 2.15. The number of hydrogen-bond donors (Lipinski definition) is 0. The maximum atomic E-state index is 13.5. The van der Waals surface area contributed by atoms with E-state index in [2.05, 4.69) is 54.3 Å². The number of rotatable bonds is 7. The number of hydrazine groups is 1. The fourth-order valence-corrected chi connectivity index (χ4v) is 6.16. The second-order valence-electron chi connectivity index (χ2n) is 10.7.